The highest BCUT2D eigenvalue weighted by atomic mass is 79.9. The first-order chi connectivity index (χ1) is 11.7. The van der Waals surface area contributed by atoms with Gasteiger partial charge in [0.1, 0.15) is 0 Å². The van der Waals surface area contributed by atoms with E-state index in [1.165, 1.54) is 32.1 Å². The Morgan fingerprint density at radius 2 is 1.62 bits per heavy atom. The van der Waals surface area contributed by atoms with Crippen molar-refractivity contribution in [1.29, 1.82) is 0 Å². The number of rotatable bonds is 5. The Morgan fingerprint density at radius 3 is 2.33 bits per heavy atom. The zero-order valence-corrected chi connectivity index (χ0v) is 15.3. The van der Waals surface area contributed by atoms with Crippen LogP contribution in [0.25, 0.3) is 5.70 Å². The Bertz CT molecular complexity index is 718. The molecule has 0 saturated heterocycles. The van der Waals surface area contributed by atoms with Crippen molar-refractivity contribution >= 4 is 27.4 Å². The van der Waals surface area contributed by atoms with Gasteiger partial charge in [0.25, 0.3) is 0 Å². The topological polar surface area (TPSA) is 29.1 Å². The molecule has 0 bridgehead atoms. The fraction of sp³-hybridized carbons (Fsp3) is 0.286. The first-order valence-corrected chi connectivity index (χ1v) is 9.36. The van der Waals surface area contributed by atoms with Gasteiger partial charge in [0, 0.05) is 27.9 Å². The van der Waals surface area contributed by atoms with Crippen molar-refractivity contribution in [1.82, 2.24) is 5.32 Å². The molecule has 0 heterocycles. The van der Waals surface area contributed by atoms with Gasteiger partial charge in [-0.15, -0.1) is 0 Å². The molecule has 1 fully saturated rings. The van der Waals surface area contributed by atoms with Gasteiger partial charge in [0.15, 0.2) is 5.78 Å². The van der Waals surface area contributed by atoms with Gasteiger partial charge in [0.2, 0.25) is 0 Å². The maximum absolute atomic E-state index is 12.7. The molecule has 0 aromatic heterocycles. The first-order valence-electron chi connectivity index (χ1n) is 8.56. The van der Waals surface area contributed by atoms with Crippen LogP contribution in [0.1, 0.15) is 48.0 Å². The maximum Gasteiger partial charge on any atom is 0.189 e. The van der Waals surface area contributed by atoms with Crippen molar-refractivity contribution in [3.05, 3.63) is 76.3 Å². The highest BCUT2D eigenvalue weighted by Gasteiger charge is 2.16. The van der Waals surface area contributed by atoms with E-state index in [2.05, 4.69) is 33.4 Å². The summed E-state index contributed by atoms with van der Waals surface area (Å²) in [6.07, 6.45) is 7.93. The maximum atomic E-state index is 12.7. The van der Waals surface area contributed by atoms with E-state index < -0.39 is 0 Å². The van der Waals surface area contributed by atoms with Crippen molar-refractivity contribution in [2.75, 3.05) is 0 Å². The number of ketones is 1. The van der Waals surface area contributed by atoms with Gasteiger partial charge in [-0.3, -0.25) is 4.79 Å². The van der Waals surface area contributed by atoms with Gasteiger partial charge in [-0.05, 0) is 30.5 Å². The highest BCUT2D eigenvalue weighted by Crippen LogP contribution is 2.23. The van der Waals surface area contributed by atoms with Crippen LogP contribution in [0.4, 0.5) is 0 Å². The Kier molecular flexibility index (Phi) is 5.86. The molecule has 0 unspecified atom stereocenters. The van der Waals surface area contributed by atoms with Crippen LogP contribution < -0.4 is 5.32 Å². The smallest absolute Gasteiger partial charge is 0.189 e. The zero-order chi connectivity index (χ0) is 16.8. The Hall–Kier alpha value is -1.87. The van der Waals surface area contributed by atoms with Crippen LogP contribution in [0.2, 0.25) is 0 Å². The number of hydrogen-bond donors (Lipinski definition) is 1. The van der Waals surface area contributed by atoms with Gasteiger partial charge in [-0.1, -0.05) is 77.7 Å². The van der Waals surface area contributed by atoms with Crippen LogP contribution in [0.5, 0.6) is 0 Å². The predicted molar refractivity (Wildman–Crippen MR) is 103 cm³/mol. The van der Waals surface area contributed by atoms with Crippen molar-refractivity contribution in [2.45, 2.75) is 38.1 Å². The Balaban J connectivity index is 1.88. The largest absolute Gasteiger partial charge is 0.382 e. The second-order valence-electron chi connectivity index (χ2n) is 6.25. The van der Waals surface area contributed by atoms with Crippen molar-refractivity contribution in [2.24, 2.45) is 0 Å². The fourth-order valence-electron chi connectivity index (χ4n) is 3.16. The second kappa shape index (κ2) is 8.29. The molecule has 0 atom stereocenters. The summed E-state index contributed by atoms with van der Waals surface area (Å²) < 4.78 is 0.830. The minimum atomic E-state index is 0.0182. The van der Waals surface area contributed by atoms with Crippen LogP contribution in [-0.4, -0.2) is 11.8 Å². The van der Waals surface area contributed by atoms with E-state index in [1.807, 2.05) is 42.5 Å². The molecule has 0 radical (unpaired) electrons. The molecule has 3 rings (SSSR count). The van der Waals surface area contributed by atoms with Crippen LogP contribution in [0, 0.1) is 0 Å². The summed E-state index contributed by atoms with van der Waals surface area (Å²) >= 11 is 3.47. The quantitative estimate of drug-likeness (QED) is 0.537. The van der Waals surface area contributed by atoms with Gasteiger partial charge < -0.3 is 5.32 Å². The van der Waals surface area contributed by atoms with Gasteiger partial charge >= 0.3 is 0 Å². The molecule has 2 aromatic rings. The minimum Gasteiger partial charge on any atom is -0.382 e. The third-order valence-corrected chi connectivity index (χ3v) is 5.16. The van der Waals surface area contributed by atoms with Crippen LogP contribution in [0.15, 0.2) is 65.1 Å². The van der Waals surface area contributed by atoms with E-state index >= 15 is 0 Å². The van der Waals surface area contributed by atoms with Crippen LogP contribution in [-0.2, 0) is 0 Å². The average Bonchev–Trinajstić information content (AvgIpc) is 2.63. The third-order valence-electron chi connectivity index (χ3n) is 4.46. The number of benzene rings is 2. The van der Waals surface area contributed by atoms with Crippen molar-refractivity contribution in [3.63, 3.8) is 0 Å². The zero-order valence-electron chi connectivity index (χ0n) is 13.7. The third kappa shape index (κ3) is 4.35. The highest BCUT2D eigenvalue weighted by molar-refractivity contribution is 9.10. The first kappa shape index (κ1) is 17.0. The van der Waals surface area contributed by atoms with E-state index in [9.17, 15) is 4.79 Å². The molecule has 1 saturated carbocycles. The number of carbonyl (C=O) groups is 1. The lowest BCUT2D eigenvalue weighted by atomic mass is 9.94. The Morgan fingerprint density at radius 1 is 0.958 bits per heavy atom. The molecule has 1 N–H and O–H groups in total. The fourth-order valence-corrected chi connectivity index (χ4v) is 3.64. The normalized spacial score (nSPS) is 16.0. The van der Waals surface area contributed by atoms with E-state index in [1.54, 1.807) is 6.08 Å². The van der Waals surface area contributed by atoms with E-state index in [4.69, 9.17) is 0 Å². The lowest BCUT2D eigenvalue weighted by molar-refractivity contribution is 0.104. The second-order valence-corrected chi connectivity index (χ2v) is 7.10. The van der Waals surface area contributed by atoms with Crippen LogP contribution in [0.3, 0.4) is 0 Å². The summed E-state index contributed by atoms with van der Waals surface area (Å²) in [7, 11) is 0. The van der Waals surface area contributed by atoms with E-state index in [-0.39, 0.29) is 5.78 Å². The Labute approximate surface area is 152 Å². The van der Waals surface area contributed by atoms with E-state index in [0.717, 1.165) is 15.7 Å². The van der Waals surface area contributed by atoms with Gasteiger partial charge in [-0.25, -0.2) is 0 Å². The molecular formula is C21H22BrNO. The monoisotopic (exact) mass is 383 g/mol. The minimum absolute atomic E-state index is 0.0182. The molecular weight excluding hydrogens is 362 g/mol. The molecule has 0 amide bonds. The van der Waals surface area contributed by atoms with Crippen molar-refractivity contribution in [3.8, 4) is 0 Å². The average molecular weight is 384 g/mol. The molecule has 1 aliphatic carbocycles. The molecule has 2 nitrogen and oxygen atoms in total. The summed E-state index contributed by atoms with van der Waals surface area (Å²) in [5.74, 6) is 0.0182. The molecule has 124 valence electrons. The lowest BCUT2D eigenvalue weighted by Gasteiger charge is -2.25. The number of hydrogen-bond acceptors (Lipinski definition) is 2. The summed E-state index contributed by atoms with van der Waals surface area (Å²) in [5, 5.41) is 3.62. The molecule has 24 heavy (non-hydrogen) atoms. The number of allylic oxidation sites excluding steroid dienone is 1. The van der Waals surface area contributed by atoms with Crippen LogP contribution >= 0.6 is 15.9 Å². The molecule has 1 aliphatic rings. The predicted octanol–water partition coefficient (Wildman–Crippen LogP) is 5.60. The number of halogens is 1. The number of carbonyl (C=O) groups excluding carboxylic acids is 1. The molecule has 3 heteroatoms. The summed E-state index contributed by atoms with van der Waals surface area (Å²) in [6, 6.07) is 18.1. The van der Waals surface area contributed by atoms with E-state index in [0.29, 0.717) is 11.6 Å². The SMILES string of the molecule is O=C(/C=C(/NC1CCCCC1)c1ccccc1)c1ccccc1Br. The summed E-state index contributed by atoms with van der Waals surface area (Å²) in [6.45, 7) is 0. The number of nitrogens with one attached hydrogen (secondary N) is 1. The standard InChI is InChI=1S/C21H22BrNO/c22-19-14-8-7-13-18(19)21(24)15-20(16-9-3-1-4-10-16)23-17-11-5-2-6-12-17/h1,3-4,7-10,13-15,17,23H,2,5-6,11-12H2/b20-15+. The van der Waals surface area contributed by atoms with Gasteiger partial charge in [0.05, 0.1) is 0 Å². The molecule has 0 aliphatic heterocycles. The lowest BCUT2D eigenvalue weighted by Crippen LogP contribution is -2.30. The summed E-state index contributed by atoms with van der Waals surface area (Å²) in [5.41, 5.74) is 2.67. The summed E-state index contributed by atoms with van der Waals surface area (Å²) in [4.78, 5) is 12.7. The van der Waals surface area contributed by atoms with Crippen molar-refractivity contribution < 1.29 is 4.79 Å². The molecule has 2 aromatic carbocycles. The van der Waals surface area contributed by atoms with Gasteiger partial charge in [-0.2, -0.15) is 0 Å². The molecule has 0 spiro atoms.